The number of hydrogen-bond donors (Lipinski definition) is 5. The van der Waals surface area contributed by atoms with Gasteiger partial charge in [0.05, 0.1) is 24.9 Å². The number of rotatable bonds is 18. The zero-order valence-electron chi connectivity index (χ0n) is 19.0. The van der Waals surface area contributed by atoms with Crippen LogP contribution in [-0.2, 0) is 9.53 Å². The van der Waals surface area contributed by atoms with Gasteiger partial charge in [-0.1, -0.05) is 80.5 Å². The number of aliphatic hydroxyl groups is 5. The summed E-state index contributed by atoms with van der Waals surface area (Å²) in [4.78, 5) is 11.4. The molecule has 0 radical (unpaired) electrons. The van der Waals surface area contributed by atoms with Gasteiger partial charge < -0.3 is 30.3 Å². The molecule has 0 rings (SSSR count). The van der Waals surface area contributed by atoms with Crippen LogP contribution in [0.2, 0.25) is 0 Å². The molecule has 0 spiro atoms. The molecule has 182 valence electrons. The summed E-state index contributed by atoms with van der Waals surface area (Å²) in [7, 11) is 0. The van der Waals surface area contributed by atoms with E-state index in [-0.39, 0.29) is 13.0 Å². The summed E-state index contributed by atoms with van der Waals surface area (Å²) < 4.78 is 4.81. The lowest BCUT2D eigenvalue weighted by Gasteiger charge is -2.11. The molecule has 0 saturated carbocycles. The van der Waals surface area contributed by atoms with Crippen molar-refractivity contribution in [2.24, 2.45) is 0 Å². The Morgan fingerprint density at radius 3 is 2.19 bits per heavy atom. The molecule has 0 aromatic heterocycles. The topological polar surface area (TPSA) is 127 Å². The average molecular weight is 453 g/mol. The van der Waals surface area contributed by atoms with Crippen molar-refractivity contribution < 1.29 is 35.1 Å². The van der Waals surface area contributed by atoms with Crippen LogP contribution in [0.1, 0.15) is 51.9 Å². The number of unbranched alkanes of at least 4 members (excludes halogenated alkanes) is 2. The van der Waals surface area contributed by atoms with Crippen LogP contribution in [0.25, 0.3) is 0 Å². The van der Waals surface area contributed by atoms with Gasteiger partial charge in [-0.3, -0.25) is 4.79 Å². The SMILES string of the molecule is CCC=CCC(O)C(O)C=CC=CC=CC=CC(O)CCCCCC(=O)OCC(O)CO. The van der Waals surface area contributed by atoms with Gasteiger partial charge in [0.25, 0.3) is 0 Å². The van der Waals surface area contributed by atoms with Gasteiger partial charge in [0, 0.05) is 6.42 Å². The lowest BCUT2D eigenvalue weighted by molar-refractivity contribution is -0.147. The van der Waals surface area contributed by atoms with Gasteiger partial charge in [0.1, 0.15) is 12.7 Å². The fourth-order valence-electron chi connectivity index (χ4n) is 2.51. The third-order valence-corrected chi connectivity index (χ3v) is 4.40. The molecule has 0 aliphatic rings. The zero-order valence-corrected chi connectivity index (χ0v) is 19.0. The molecule has 5 N–H and O–H groups in total. The predicted molar refractivity (Wildman–Crippen MR) is 126 cm³/mol. The smallest absolute Gasteiger partial charge is 0.305 e. The van der Waals surface area contributed by atoms with Crippen molar-refractivity contribution >= 4 is 5.97 Å². The van der Waals surface area contributed by atoms with E-state index in [0.717, 1.165) is 19.3 Å². The Balaban J connectivity index is 3.90. The maximum Gasteiger partial charge on any atom is 0.305 e. The van der Waals surface area contributed by atoms with Gasteiger partial charge in [0.2, 0.25) is 0 Å². The molecule has 0 bridgehead atoms. The standard InChI is InChI=1S/C25H40O7/c1-2-3-9-16-23(29)24(30)17-12-7-5-4-6-10-14-21(27)15-11-8-13-18-25(31)32-20-22(28)19-26/h3-7,9-10,12,14,17,21-24,26-30H,2,8,11,13,15-16,18-20H2,1H3. The Labute approximate surface area is 191 Å². The zero-order chi connectivity index (χ0) is 24.0. The molecule has 32 heavy (non-hydrogen) atoms. The molecule has 0 saturated heterocycles. The van der Waals surface area contributed by atoms with E-state index in [2.05, 4.69) is 0 Å². The van der Waals surface area contributed by atoms with E-state index >= 15 is 0 Å². The third-order valence-electron chi connectivity index (χ3n) is 4.40. The Kier molecular flexibility index (Phi) is 19.5. The Morgan fingerprint density at radius 2 is 1.53 bits per heavy atom. The summed E-state index contributed by atoms with van der Waals surface area (Å²) in [6, 6.07) is 0. The van der Waals surface area contributed by atoms with E-state index in [1.807, 2.05) is 19.1 Å². The molecular formula is C25H40O7. The van der Waals surface area contributed by atoms with Gasteiger partial charge in [-0.05, 0) is 25.7 Å². The number of hydrogen-bond acceptors (Lipinski definition) is 7. The predicted octanol–water partition coefficient (Wildman–Crippen LogP) is 2.50. The summed E-state index contributed by atoms with van der Waals surface area (Å²) in [6.07, 6.45) is 18.6. The van der Waals surface area contributed by atoms with E-state index in [4.69, 9.17) is 14.9 Å². The number of ether oxygens (including phenoxy) is 1. The first-order valence-electron chi connectivity index (χ1n) is 11.2. The highest BCUT2D eigenvalue weighted by Gasteiger charge is 2.10. The average Bonchev–Trinajstić information content (AvgIpc) is 2.78. The Morgan fingerprint density at radius 1 is 0.875 bits per heavy atom. The highest BCUT2D eigenvalue weighted by Crippen LogP contribution is 2.08. The number of carbonyl (C=O) groups excluding carboxylic acids is 1. The fraction of sp³-hybridized carbons (Fsp3) is 0.560. The monoisotopic (exact) mass is 452 g/mol. The second-order valence-electron chi connectivity index (χ2n) is 7.40. The van der Waals surface area contributed by atoms with Crippen molar-refractivity contribution in [1.82, 2.24) is 0 Å². The van der Waals surface area contributed by atoms with Gasteiger partial charge in [0.15, 0.2) is 0 Å². The minimum absolute atomic E-state index is 0.195. The van der Waals surface area contributed by atoms with E-state index in [0.29, 0.717) is 19.3 Å². The molecular weight excluding hydrogens is 412 g/mol. The van der Waals surface area contributed by atoms with E-state index in [1.165, 1.54) is 6.08 Å². The van der Waals surface area contributed by atoms with Crippen LogP contribution in [0.15, 0.2) is 60.8 Å². The Bertz CT molecular complexity index is 607. The molecule has 0 amide bonds. The number of esters is 1. The molecule has 4 atom stereocenters. The maximum absolute atomic E-state index is 11.4. The van der Waals surface area contributed by atoms with Crippen LogP contribution in [0.4, 0.5) is 0 Å². The molecule has 7 nitrogen and oxygen atoms in total. The normalized spacial score (nSPS) is 16.6. The number of allylic oxidation sites excluding steroid dienone is 7. The van der Waals surface area contributed by atoms with Gasteiger partial charge in [-0.15, -0.1) is 0 Å². The van der Waals surface area contributed by atoms with Crippen LogP contribution >= 0.6 is 0 Å². The van der Waals surface area contributed by atoms with Crippen LogP contribution in [-0.4, -0.2) is 69.1 Å². The van der Waals surface area contributed by atoms with Gasteiger partial charge in [-0.2, -0.15) is 0 Å². The van der Waals surface area contributed by atoms with Crippen LogP contribution in [0.5, 0.6) is 0 Å². The largest absolute Gasteiger partial charge is 0.463 e. The van der Waals surface area contributed by atoms with E-state index in [1.54, 1.807) is 42.5 Å². The van der Waals surface area contributed by atoms with Gasteiger partial charge >= 0.3 is 5.97 Å². The first-order chi connectivity index (χ1) is 15.4. The first-order valence-corrected chi connectivity index (χ1v) is 11.2. The summed E-state index contributed by atoms with van der Waals surface area (Å²) in [5.41, 5.74) is 0. The van der Waals surface area contributed by atoms with E-state index in [9.17, 15) is 20.1 Å². The Hall–Kier alpha value is -2.03. The van der Waals surface area contributed by atoms with Crippen LogP contribution < -0.4 is 0 Å². The fourth-order valence-corrected chi connectivity index (χ4v) is 2.51. The van der Waals surface area contributed by atoms with Crippen LogP contribution in [0, 0.1) is 0 Å². The molecule has 0 aromatic rings. The molecule has 4 unspecified atom stereocenters. The van der Waals surface area contributed by atoms with Gasteiger partial charge in [-0.25, -0.2) is 0 Å². The molecule has 0 aliphatic carbocycles. The summed E-state index contributed by atoms with van der Waals surface area (Å²) in [5.74, 6) is -0.402. The minimum Gasteiger partial charge on any atom is -0.463 e. The quantitative estimate of drug-likeness (QED) is 0.0936. The van der Waals surface area contributed by atoms with Crippen molar-refractivity contribution in [2.45, 2.75) is 76.3 Å². The van der Waals surface area contributed by atoms with Crippen molar-refractivity contribution in [3.05, 3.63) is 60.8 Å². The molecule has 7 heteroatoms. The number of carbonyl (C=O) groups is 1. The second kappa shape index (κ2) is 20.8. The van der Waals surface area contributed by atoms with Crippen molar-refractivity contribution in [3.8, 4) is 0 Å². The second-order valence-corrected chi connectivity index (χ2v) is 7.40. The summed E-state index contributed by atoms with van der Waals surface area (Å²) in [5, 5.41) is 47.2. The number of aliphatic hydroxyl groups excluding tert-OH is 5. The molecule has 0 aliphatic heterocycles. The molecule has 0 aromatic carbocycles. The summed E-state index contributed by atoms with van der Waals surface area (Å²) in [6.45, 7) is 1.38. The maximum atomic E-state index is 11.4. The van der Waals surface area contributed by atoms with Crippen molar-refractivity contribution in [1.29, 1.82) is 0 Å². The van der Waals surface area contributed by atoms with Crippen LogP contribution in [0.3, 0.4) is 0 Å². The molecule has 0 heterocycles. The minimum atomic E-state index is -1.04. The highest BCUT2D eigenvalue weighted by molar-refractivity contribution is 5.69. The van der Waals surface area contributed by atoms with Crippen molar-refractivity contribution in [3.63, 3.8) is 0 Å². The third kappa shape index (κ3) is 18.7. The first kappa shape index (κ1) is 30.0. The lowest BCUT2D eigenvalue weighted by atomic mass is 10.1. The van der Waals surface area contributed by atoms with Crippen molar-refractivity contribution in [2.75, 3.05) is 13.2 Å². The van der Waals surface area contributed by atoms with E-state index < -0.39 is 37.0 Å². The molecule has 0 fully saturated rings. The summed E-state index contributed by atoms with van der Waals surface area (Å²) >= 11 is 0. The highest BCUT2D eigenvalue weighted by atomic mass is 16.5. The lowest BCUT2D eigenvalue weighted by Crippen LogP contribution is -2.22.